The molecule has 1 atom stereocenters. The number of hydrogen-bond acceptors (Lipinski definition) is 5. The summed E-state index contributed by atoms with van der Waals surface area (Å²) in [6.07, 6.45) is 0.957. The average Bonchev–Trinajstić information content (AvgIpc) is 3.38. The number of anilines is 1. The highest BCUT2D eigenvalue weighted by Crippen LogP contribution is 2.27. The summed E-state index contributed by atoms with van der Waals surface area (Å²) < 4.78 is 33.1. The van der Waals surface area contributed by atoms with E-state index in [2.05, 4.69) is 10.0 Å². The van der Waals surface area contributed by atoms with E-state index in [1.165, 1.54) is 0 Å². The molecule has 0 aliphatic carbocycles. The van der Waals surface area contributed by atoms with Crippen LogP contribution in [0, 0.1) is 0 Å². The third-order valence-electron chi connectivity index (χ3n) is 4.57. The zero-order valence-corrected chi connectivity index (χ0v) is 17.1. The molecule has 1 aliphatic rings. The largest absolute Gasteiger partial charge is 0.488 e. The molecular weight excluding hydrogens is 408 g/mol. The molecule has 29 heavy (non-hydrogen) atoms. The van der Waals surface area contributed by atoms with Crippen molar-refractivity contribution in [3.05, 3.63) is 77.2 Å². The second-order valence-corrected chi connectivity index (χ2v) is 9.62. The first-order valence-corrected chi connectivity index (χ1v) is 11.5. The fourth-order valence-electron chi connectivity index (χ4n) is 3.16. The molecule has 0 spiro atoms. The second kappa shape index (κ2) is 8.26. The SMILES string of the molecule is O=C(Cc1ccc(NS(=O)(=O)c2cccs2)cc1)NCC1Cc2ccccc2O1. The maximum Gasteiger partial charge on any atom is 0.271 e. The lowest BCUT2D eigenvalue weighted by Crippen LogP contribution is -2.35. The summed E-state index contributed by atoms with van der Waals surface area (Å²) >= 11 is 1.16. The van der Waals surface area contributed by atoms with Gasteiger partial charge in [0.2, 0.25) is 5.91 Å². The maximum atomic E-state index is 12.2. The summed E-state index contributed by atoms with van der Waals surface area (Å²) in [5.74, 6) is 0.781. The second-order valence-electron chi connectivity index (χ2n) is 6.77. The van der Waals surface area contributed by atoms with Crippen molar-refractivity contribution in [1.29, 1.82) is 0 Å². The van der Waals surface area contributed by atoms with E-state index in [1.807, 2.05) is 24.3 Å². The first kappa shape index (κ1) is 19.5. The normalized spacial score (nSPS) is 15.4. The van der Waals surface area contributed by atoms with Gasteiger partial charge in [-0.3, -0.25) is 9.52 Å². The predicted molar refractivity (Wildman–Crippen MR) is 113 cm³/mol. The lowest BCUT2D eigenvalue weighted by molar-refractivity contribution is -0.120. The van der Waals surface area contributed by atoms with E-state index in [-0.39, 0.29) is 22.6 Å². The molecule has 1 unspecified atom stereocenters. The molecule has 8 heteroatoms. The third-order valence-corrected chi connectivity index (χ3v) is 7.35. The van der Waals surface area contributed by atoms with Crippen molar-refractivity contribution in [2.45, 2.75) is 23.2 Å². The topological polar surface area (TPSA) is 84.5 Å². The standard InChI is InChI=1S/C21H20N2O4S2/c24-20(22-14-18-13-16-4-1-2-5-19(16)27-18)12-15-7-9-17(10-8-15)23-29(25,26)21-6-3-11-28-21/h1-11,18,23H,12-14H2,(H,22,24). The van der Waals surface area contributed by atoms with Gasteiger partial charge in [-0.1, -0.05) is 36.4 Å². The molecule has 150 valence electrons. The fraction of sp³-hybridized carbons (Fsp3) is 0.190. The molecule has 0 bridgehead atoms. The number of nitrogens with one attached hydrogen (secondary N) is 2. The third kappa shape index (κ3) is 4.78. The van der Waals surface area contributed by atoms with Crippen molar-refractivity contribution in [2.24, 2.45) is 0 Å². The predicted octanol–water partition coefficient (Wildman–Crippen LogP) is 3.21. The van der Waals surface area contributed by atoms with E-state index in [4.69, 9.17) is 4.74 Å². The van der Waals surface area contributed by atoms with E-state index in [0.717, 1.165) is 34.6 Å². The molecule has 1 aliphatic heterocycles. The highest BCUT2D eigenvalue weighted by molar-refractivity contribution is 7.94. The zero-order valence-electron chi connectivity index (χ0n) is 15.5. The molecule has 0 fully saturated rings. The summed E-state index contributed by atoms with van der Waals surface area (Å²) in [7, 11) is -3.57. The van der Waals surface area contributed by atoms with Crippen LogP contribution in [0.1, 0.15) is 11.1 Å². The van der Waals surface area contributed by atoms with Crippen LogP contribution in [0.3, 0.4) is 0 Å². The Morgan fingerprint density at radius 1 is 1.07 bits per heavy atom. The van der Waals surface area contributed by atoms with Gasteiger partial charge in [-0.25, -0.2) is 8.42 Å². The molecule has 3 aromatic rings. The molecule has 6 nitrogen and oxygen atoms in total. The Labute approximate surface area is 173 Å². The van der Waals surface area contributed by atoms with Gasteiger partial charge in [-0.2, -0.15) is 0 Å². The highest BCUT2D eigenvalue weighted by atomic mass is 32.2. The number of carbonyl (C=O) groups is 1. The van der Waals surface area contributed by atoms with Crippen LogP contribution < -0.4 is 14.8 Å². The van der Waals surface area contributed by atoms with E-state index < -0.39 is 10.0 Å². The van der Waals surface area contributed by atoms with E-state index >= 15 is 0 Å². The zero-order chi connectivity index (χ0) is 20.3. The Balaban J connectivity index is 1.27. The van der Waals surface area contributed by atoms with E-state index in [0.29, 0.717) is 12.2 Å². The minimum Gasteiger partial charge on any atom is -0.488 e. The number of sulfonamides is 1. The van der Waals surface area contributed by atoms with Crippen LogP contribution in [0.25, 0.3) is 0 Å². The molecule has 1 amide bonds. The Morgan fingerprint density at radius 3 is 2.59 bits per heavy atom. The molecule has 4 rings (SSSR count). The van der Waals surface area contributed by atoms with Crippen molar-refractivity contribution in [2.75, 3.05) is 11.3 Å². The molecule has 2 heterocycles. The summed E-state index contributed by atoms with van der Waals surface area (Å²) in [4.78, 5) is 12.2. The number of ether oxygens (including phenoxy) is 1. The van der Waals surface area contributed by atoms with Crippen LogP contribution in [0.2, 0.25) is 0 Å². The molecule has 2 aromatic carbocycles. The number of benzene rings is 2. The highest BCUT2D eigenvalue weighted by Gasteiger charge is 2.22. The first-order chi connectivity index (χ1) is 14.0. The van der Waals surface area contributed by atoms with Gasteiger partial charge in [0, 0.05) is 12.1 Å². The molecule has 0 saturated carbocycles. The molecular formula is C21H20N2O4S2. The van der Waals surface area contributed by atoms with Gasteiger partial charge in [-0.05, 0) is 40.8 Å². The van der Waals surface area contributed by atoms with Gasteiger partial charge >= 0.3 is 0 Å². The van der Waals surface area contributed by atoms with Gasteiger partial charge < -0.3 is 10.1 Å². The minimum absolute atomic E-state index is 0.0506. The Bertz CT molecular complexity index is 1070. The van der Waals surface area contributed by atoms with Gasteiger partial charge in [0.1, 0.15) is 16.1 Å². The first-order valence-electron chi connectivity index (χ1n) is 9.16. The number of hydrogen-bond donors (Lipinski definition) is 2. The van der Waals surface area contributed by atoms with Crippen LogP contribution in [-0.2, 0) is 27.7 Å². The van der Waals surface area contributed by atoms with Gasteiger partial charge in [0.15, 0.2) is 0 Å². The average molecular weight is 429 g/mol. The lowest BCUT2D eigenvalue weighted by atomic mass is 10.1. The Hall–Kier alpha value is -2.84. The number of rotatable bonds is 7. The monoisotopic (exact) mass is 428 g/mol. The quantitative estimate of drug-likeness (QED) is 0.605. The van der Waals surface area contributed by atoms with Gasteiger partial charge in [0.25, 0.3) is 10.0 Å². The van der Waals surface area contributed by atoms with Crippen molar-refractivity contribution in [3.63, 3.8) is 0 Å². The summed E-state index contributed by atoms with van der Waals surface area (Å²) in [6.45, 7) is 0.451. The Kier molecular flexibility index (Phi) is 5.55. The van der Waals surface area contributed by atoms with Crippen LogP contribution in [0.15, 0.2) is 70.3 Å². The number of para-hydroxylation sites is 1. The molecule has 2 N–H and O–H groups in total. The van der Waals surface area contributed by atoms with Crippen molar-refractivity contribution in [3.8, 4) is 5.75 Å². The van der Waals surface area contributed by atoms with Crippen LogP contribution in [-0.4, -0.2) is 27.0 Å². The molecule has 1 aromatic heterocycles. The van der Waals surface area contributed by atoms with Gasteiger partial charge in [0.05, 0.1) is 13.0 Å². The maximum absolute atomic E-state index is 12.2. The lowest BCUT2D eigenvalue weighted by Gasteiger charge is -2.12. The van der Waals surface area contributed by atoms with Crippen molar-refractivity contribution < 1.29 is 17.9 Å². The van der Waals surface area contributed by atoms with Crippen molar-refractivity contribution in [1.82, 2.24) is 5.32 Å². The summed E-state index contributed by atoms with van der Waals surface area (Å²) in [6, 6.07) is 17.9. The van der Waals surface area contributed by atoms with Crippen LogP contribution in [0.4, 0.5) is 5.69 Å². The van der Waals surface area contributed by atoms with Crippen LogP contribution in [0.5, 0.6) is 5.75 Å². The number of amides is 1. The van der Waals surface area contributed by atoms with Crippen LogP contribution >= 0.6 is 11.3 Å². The molecule has 0 radical (unpaired) electrons. The number of fused-ring (bicyclic) bond motifs is 1. The smallest absolute Gasteiger partial charge is 0.271 e. The van der Waals surface area contributed by atoms with E-state index in [1.54, 1.807) is 41.8 Å². The summed E-state index contributed by atoms with van der Waals surface area (Å²) in [5.41, 5.74) is 2.42. The number of thiophene rings is 1. The van der Waals surface area contributed by atoms with E-state index in [9.17, 15) is 13.2 Å². The minimum atomic E-state index is -3.57. The van der Waals surface area contributed by atoms with Crippen molar-refractivity contribution >= 4 is 33.0 Å². The Morgan fingerprint density at radius 2 is 1.86 bits per heavy atom. The van der Waals surface area contributed by atoms with Gasteiger partial charge in [-0.15, -0.1) is 11.3 Å². The fourth-order valence-corrected chi connectivity index (χ4v) is 5.21. The number of carbonyl (C=O) groups excluding carboxylic acids is 1. The molecule has 0 saturated heterocycles. The summed E-state index contributed by atoms with van der Waals surface area (Å²) in [5, 5.41) is 4.62.